The first-order valence-electron chi connectivity index (χ1n) is 7.22. The molecule has 21 heavy (non-hydrogen) atoms. The number of ether oxygens (including phenoxy) is 1. The molecule has 114 valence electrons. The molecule has 1 aliphatic heterocycles. The van der Waals surface area contributed by atoms with Gasteiger partial charge in [0.25, 0.3) is 5.91 Å². The van der Waals surface area contributed by atoms with Crippen molar-refractivity contribution in [2.45, 2.75) is 32.8 Å². The van der Waals surface area contributed by atoms with Crippen molar-refractivity contribution in [3.05, 3.63) is 29.8 Å². The second-order valence-corrected chi connectivity index (χ2v) is 5.74. The molecule has 0 radical (unpaired) electrons. The van der Waals surface area contributed by atoms with E-state index in [4.69, 9.17) is 9.84 Å². The summed E-state index contributed by atoms with van der Waals surface area (Å²) in [6.07, 6.45) is -0.0237. The highest BCUT2D eigenvalue weighted by molar-refractivity contribution is 5.83. The topological polar surface area (TPSA) is 66.8 Å². The molecule has 0 spiro atoms. The summed E-state index contributed by atoms with van der Waals surface area (Å²) in [6.45, 7) is 4.78. The van der Waals surface area contributed by atoms with Gasteiger partial charge in [0.05, 0.1) is 6.42 Å². The van der Waals surface area contributed by atoms with Crippen molar-refractivity contribution in [1.82, 2.24) is 4.90 Å². The number of rotatable bonds is 6. The van der Waals surface area contributed by atoms with E-state index in [1.807, 2.05) is 38.1 Å². The summed E-state index contributed by atoms with van der Waals surface area (Å²) in [5, 5.41) is 8.82. The zero-order valence-corrected chi connectivity index (χ0v) is 12.4. The fourth-order valence-electron chi connectivity index (χ4n) is 2.49. The number of hydrogen-bond donors (Lipinski definition) is 1. The Morgan fingerprint density at radius 3 is 2.71 bits per heavy atom. The molecule has 1 aromatic carbocycles. The molecular formula is C16H21NO4. The monoisotopic (exact) mass is 291 g/mol. The number of carboxylic acids is 1. The van der Waals surface area contributed by atoms with E-state index in [9.17, 15) is 9.59 Å². The van der Waals surface area contributed by atoms with Gasteiger partial charge in [-0.1, -0.05) is 32.0 Å². The lowest BCUT2D eigenvalue weighted by atomic mass is 10.1. The number of nitrogens with zero attached hydrogens (tertiary/aromatic N) is 1. The van der Waals surface area contributed by atoms with E-state index < -0.39 is 12.1 Å². The number of carbonyl (C=O) groups is 2. The number of fused-ring (bicyclic) bond motifs is 1. The summed E-state index contributed by atoms with van der Waals surface area (Å²) >= 11 is 0. The van der Waals surface area contributed by atoms with E-state index in [0.29, 0.717) is 13.0 Å². The number of hydrogen-bond acceptors (Lipinski definition) is 3. The highest BCUT2D eigenvalue weighted by atomic mass is 16.5. The first-order valence-corrected chi connectivity index (χ1v) is 7.22. The summed E-state index contributed by atoms with van der Waals surface area (Å²) in [4.78, 5) is 24.9. The SMILES string of the molecule is CC(C)CN(CCC(=O)O)C(=O)C1Cc2ccccc2O1. The Morgan fingerprint density at radius 2 is 2.10 bits per heavy atom. The maximum absolute atomic E-state index is 12.6. The Hall–Kier alpha value is -2.04. The van der Waals surface area contributed by atoms with Gasteiger partial charge in [-0.05, 0) is 17.5 Å². The van der Waals surface area contributed by atoms with E-state index in [1.165, 1.54) is 0 Å². The maximum atomic E-state index is 12.6. The molecule has 2 rings (SSSR count). The zero-order chi connectivity index (χ0) is 15.4. The van der Waals surface area contributed by atoms with Crippen molar-refractivity contribution < 1.29 is 19.4 Å². The molecule has 1 N–H and O–H groups in total. The maximum Gasteiger partial charge on any atom is 0.305 e. The summed E-state index contributed by atoms with van der Waals surface area (Å²) < 4.78 is 5.70. The summed E-state index contributed by atoms with van der Waals surface area (Å²) in [5.41, 5.74) is 1.03. The molecule has 5 nitrogen and oxygen atoms in total. The average Bonchev–Trinajstić information content (AvgIpc) is 2.86. The van der Waals surface area contributed by atoms with Crippen molar-refractivity contribution in [3.8, 4) is 5.75 Å². The van der Waals surface area contributed by atoms with E-state index in [-0.39, 0.29) is 24.8 Å². The summed E-state index contributed by atoms with van der Waals surface area (Å²) in [7, 11) is 0. The molecule has 0 saturated heterocycles. The molecule has 1 unspecified atom stereocenters. The number of amides is 1. The standard InChI is InChI=1S/C16H21NO4/c1-11(2)10-17(8-7-15(18)19)16(20)14-9-12-5-3-4-6-13(12)21-14/h3-6,11,14H,7-10H2,1-2H3,(H,18,19). The number of aliphatic carboxylic acids is 1. The van der Waals surface area contributed by atoms with Crippen molar-refractivity contribution in [3.63, 3.8) is 0 Å². The Kier molecular flexibility index (Phi) is 4.83. The molecular weight excluding hydrogens is 270 g/mol. The zero-order valence-electron chi connectivity index (χ0n) is 12.4. The lowest BCUT2D eigenvalue weighted by molar-refractivity contribution is -0.141. The molecule has 1 amide bonds. The van der Waals surface area contributed by atoms with Crippen molar-refractivity contribution in [2.24, 2.45) is 5.92 Å². The lowest BCUT2D eigenvalue weighted by Gasteiger charge is -2.26. The minimum absolute atomic E-state index is 0.0435. The third-order valence-electron chi connectivity index (χ3n) is 3.42. The smallest absolute Gasteiger partial charge is 0.305 e. The van der Waals surface area contributed by atoms with Crippen molar-refractivity contribution in [2.75, 3.05) is 13.1 Å². The van der Waals surface area contributed by atoms with Crippen LogP contribution in [-0.4, -0.2) is 41.1 Å². The van der Waals surface area contributed by atoms with Crippen LogP contribution in [0.4, 0.5) is 0 Å². The molecule has 0 fully saturated rings. The Morgan fingerprint density at radius 1 is 1.38 bits per heavy atom. The van der Waals surface area contributed by atoms with Crippen LogP contribution in [0.1, 0.15) is 25.8 Å². The fraction of sp³-hybridized carbons (Fsp3) is 0.500. The van der Waals surface area contributed by atoms with Gasteiger partial charge in [0, 0.05) is 19.5 Å². The predicted octanol–water partition coefficient (Wildman–Crippen LogP) is 1.95. The van der Waals surface area contributed by atoms with E-state index in [0.717, 1.165) is 11.3 Å². The van der Waals surface area contributed by atoms with E-state index in [1.54, 1.807) is 4.90 Å². The molecule has 1 heterocycles. The van der Waals surface area contributed by atoms with E-state index in [2.05, 4.69) is 0 Å². The van der Waals surface area contributed by atoms with Crippen LogP contribution in [0.2, 0.25) is 0 Å². The number of carbonyl (C=O) groups excluding carboxylic acids is 1. The Bertz CT molecular complexity index is 502. The Balaban J connectivity index is 2.03. The second kappa shape index (κ2) is 6.61. The molecule has 0 aliphatic carbocycles. The number of benzene rings is 1. The van der Waals surface area contributed by atoms with E-state index >= 15 is 0 Å². The highest BCUT2D eigenvalue weighted by Crippen LogP contribution is 2.29. The molecule has 0 aromatic heterocycles. The largest absolute Gasteiger partial charge is 0.481 e. The predicted molar refractivity (Wildman–Crippen MR) is 78.2 cm³/mol. The first-order chi connectivity index (χ1) is 9.97. The fourth-order valence-corrected chi connectivity index (χ4v) is 2.49. The third kappa shape index (κ3) is 3.97. The van der Waals surface area contributed by atoms with Crippen LogP contribution in [0.25, 0.3) is 0 Å². The summed E-state index contributed by atoms with van der Waals surface area (Å²) in [6, 6.07) is 7.60. The molecule has 1 aliphatic rings. The van der Waals surface area contributed by atoms with Gasteiger partial charge in [-0.15, -0.1) is 0 Å². The van der Waals surface area contributed by atoms with Crippen molar-refractivity contribution in [1.29, 1.82) is 0 Å². The normalized spacial score (nSPS) is 16.4. The molecule has 1 atom stereocenters. The number of para-hydroxylation sites is 1. The number of carboxylic acid groups (broad SMARTS) is 1. The van der Waals surface area contributed by atoms with Gasteiger partial charge in [-0.3, -0.25) is 9.59 Å². The second-order valence-electron chi connectivity index (χ2n) is 5.74. The van der Waals surface area contributed by atoms with Crippen molar-refractivity contribution >= 4 is 11.9 Å². The van der Waals surface area contributed by atoms with Crippen LogP contribution < -0.4 is 4.74 Å². The minimum Gasteiger partial charge on any atom is -0.481 e. The molecule has 0 saturated carbocycles. The quantitative estimate of drug-likeness (QED) is 0.870. The molecule has 1 aromatic rings. The van der Waals surface area contributed by atoms with Gasteiger partial charge in [0.1, 0.15) is 5.75 Å². The summed E-state index contributed by atoms with van der Waals surface area (Å²) in [5.74, 6) is 0.0124. The first kappa shape index (κ1) is 15.4. The molecule has 5 heteroatoms. The molecule has 0 bridgehead atoms. The lowest BCUT2D eigenvalue weighted by Crippen LogP contribution is -2.44. The highest BCUT2D eigenvalue weighted by Gasteiger charge is 2.32. The van der Waals surface area contributed by atoms with Gasteiger partial charge >= 0.3 is 5.97 Å². The van der Waals surface area contributed by atoms with Gasteiger partial charge in [0.15, 0.2) is 6.10 Å². The van der Waals surface area contributed by atoms with Crippen LogP contribution >= 0.6 is 0 Å². The van der Waals surface area contributed by atoms with Gasteiger partial charge in [0.2, 0.25) is 0 Å². The van der Waals surface area contributed by atoms with Crippen LogP contribution in [0.5, 0.6) is 5.75 Å². The van der Waals surface area contributed by atoms with Crippen LogP contribution in [-0.2, 0) is 16.0 Å². The van der Waals surface area contributed by atoms with Crippen LogP contribution in [0.15, 0.2) is 24.3 Å². The minimum atomic E-state index is -0.896. The average molecular weight is 291 g/mol. The van der Waals surface area contributed by atoms with Gasteiger partial charge in [-0.25, -0.2) is 0 Å². The van der Waals surface area contributed by atoms with Crippen LogP contribution in [0, 0.1) is 5.92 Å². The van der Waals surface area contributed by atoms with Gasteiger partial charge < -0.3 is 14.7 Å². The van der Waals surface area contributed by atoms with Crippen LogP contribution in [0.3, 0.4) is 0 Å². The Labute approximate surface area is 124 Å². The van der Waals surface area contributed by atoms with Gasteiger partial charge in [-0.2, -0.15) is 0 Å². The third-order valence-corrected chi connectivity index (χ3v) is 3.42.